The molecule has 0 heterocycles. The highest BCUT2D eigenvalue weighted by molar-refractivity contribution is 5.48. The molecule has 0 aromatic heterocycles. The molecule has 6 heteroatoms. The number of likely N-dealkylation sites (N-methyl/N-ethyl adjacent to an activating group) is 1. The Kier molecular flexibility index (Phi) is 18.2. The van der Waals surface area contributed by atoms with Gasteiger partial charge in [-0.25, -0.2) is 0 Å². The van der Waals surface area contributed by atoms with Crippen molar-refractivity contribution in [2.45, 2.75) is 40.3 Å². The molecule has 0 fully saturated rings. The predicted molar refractivity (Wildman–Crippen MR) is 106 cm³/mol. The predicted octanol–water partition coefficient (Wildman–Crippen LogP) is 4.64. The maximum absolute atomic E-state index is 6.08. The molecule has 2 N–H and O–H groups in total. The van der Waals surface area contributed by atoms with Crippen LogP contribution in [0.1, 0.15) is 32.8 Å². The van der Waals surface area contributed by atoms with Gasteiger partial charge in [-0.05, 0) is 64.2 Å². The third-order valence-electron chi connectivity index (χ3n) is 2.70. The Morgan fingerprint density at radius 2 is 1.68 bits per heavy atom. The first-order chi connectivity index (χ1) is 12.0. The molecule has 142 valence electrons. The van der Waals surface area contributed by atoms with Crippen LogP contribution in [0.5, 0.6) is 11.5 Å². The lowest BCUT2D eigenvalue weighted by Crippen LogP contribution is -2.19. The number of rotatable bonds is 7. The number of methoxy groups -OCH3 is 2. The van der Waals surface area contributed by atoms with Crippen molar-refractivity contribution in [3.63, 3.8) is 0 Å². The summed E-state index contributed by atoms with van der Waals surface area (Å²) in [6.45, 7) is 8.55. The van der Waals surface area contributed by atoms with Crippen molar-refractivity contribution in [3.8, 4) is 11.5 Å². The molecule has 0 aliphatic rings. The lowest BCUT2D eigenvalue weighted by Gasteiger charge is -2.04. The molecule has 6 nitrogen and oxygen atoms in total. The summed E-state index contributed by atoms with van der Waals surface area (Å²) in [5.41, 5.74) is 1.14. The first-order valence-electron chi connectivity index (χ1n) is 8.34. The van der Waals surface area contributed by atoms with Crippen molar-refractivity contribution in [2.24, 2.45) is 10.2 Å². The maximum atomic E-state index is 6.08. The van der Waals surface area contributed by atoms with Gasteiger partial charge in [0, 0.05) is 6.07 Å². The zero-order valence-corrected chi connectivity index (χ0v) is 16.7. The molecule has 0 aliphatic heterocycles. The van der Waals surface area contributed by atoms with E-state index in [0.29, 0.717) is 0 Å². The Morgan fingerprint density at radius 1 is 1.16 bits per heavy atom. The van der Waals surface area contributed by atoms with Crippen LogP contribution < -0.4 is 14.8 Å². The van der Waals surface area contributed by atoms with E-state index in [1.165, 1.54) is 6.21 Å². The van der Waals surface area contributed by atoms with Crippen molar-refractivity contribution in [1.82, 2.24) is 5.32 Å². The van der Waals surface area contributed by atoms with Crippen LogP contribution >= 0.6 is 0 Å². The van der Waals surface area contributed by atoms with Gasteiger partial charge in [0.1, 0.15) is 17.7 Å². The van der Waals surface area contributed by atoms with Crippen LogP contribution in [-0.4, -0.2) is 40.2 Å². The highest BCUT2D eigenvalue weighted by Crippen LogP contribution is 2.21. The number of allylic oxidation sites excluding steroid dienone is 1. The SMILES string of the molecule is C/C=C/C(N=NCCC)NC.CC=N.COc1cc(C)cc(OC)c1. The van der Waals surface area contributed by atoms with Crippen molar-refractivity contribution < 1.29 is 9.47 Å². The minimum absolute atomic E-state index is 0.0477. The van der Waals surface area contributed by atoms with Crippen LogP contribution in [0.2, 0.25) is 0 Å². The average molecular weight is 351 g/mol. The second kappa shape index (κ2) is 18.1. The van der Waals surface area contributed by atoms with E-state index in [2.05, 4.69) is 22.5 Å². The van der Waals surface area contributed by atoms with Crippen LogP contribution in [0, 0.1) is 12.3 Å². The van der Waals surface area contributed by atoms with Gasteiger partial charge >= 0.3 is 0 Å². The fraction of sp³-hybridized carbons (Fsp3) is 0.526. The van der Waals surface area contributed by atoms with E-state index in [1.807, 2.05) is 51.2 Å². The van der Waals surface area contributed by atoms with Crippen LogP contribution in [0.3, 0.4) is 0 Å². The van der Waals surface area contributed by atoms with Crippen molar-refractivity contribution in [1.29, 1.82) is 5.41 Å². The van der Waals surface area contributed by atoms with Gasteiger partial charge in [-0.15, -0.1) is 0 Å². The molecule has 1 atom stereocenters. The molecule has 25 heavy (non-hydrogen) atoms. The van der Waals surface area contributed by atoms with E-state index in [-0.39, 0.29) is 6.17 Å². The molecular formula is C19H34N4O2. The lowest BCUT2D eigenvalue weighted by molar-refractivity contribution is 0.394. The second-order valence-electron chi connectivity index (χ2n) is 4.92. The van der Waals surface area contributed by atoms with Gasteiger partial charge in [0.25, 0.3) is 0 Å². The molecule has 0 radical (unpaired) electrons. The Hall–Kier alpha value is -2.21. The molecule has 1 aromatic rings. The number of nitrogens with one attached hydrogen (secondary N) is 2. The first kappa shape index (κ1) is 25.0. The van der Waals surface area contributed by atoms with Crippen LogP contribution in [0.4, 0.5) is 0 Å². The molecule has 0 aliphatic carbocycles. The van der Waals surface area contributed by atoms with Gasteiger partial charge in [0.2, 0.25) is 0 Å². The van der Waals surface area contributed by atoms with Crippen LogP contribution in [0.25, 0.3) is 0 Å². The minimum Gasteiger partial charge on any atom is -0.497 e. The fourth-order valence-electron chi connectivity index (χ4n) is 1.57. The number of ether oxygens (including phenoxy) is 2. The van der Waals surface area contributed by atoms with E-state index in [1.54, 1.807) is 21.1 Å². The topological polar surface area (TPSA) is 79.1 Å². The van der Waals surface area contributed by atoms with Gasteiger partial charge in [-0.3, -0.25) is 5.32 Å². The van der Waals surface area contributed by atoms with Gasteiger partial charge in [0.05, 0.1) is 20.8 Å². The quantitative estimate of drug-likeness (QED) is 0.427. The molecule has 1 unspecified atom stereocenters. The third-order valence-corrected chi connectivity index (χ3v) is 2.70. The summed E-state index contributed by atoms with van der Waals surface area (Å²) in [4.78, 5) is 0. The smallest absolute Gasteiger partial charge is 0.139 e. The second-order valence-corrected chi connectivity index (χ2v) is 4.92. The Bertz CT molecular complexity index is 480. The van der Waals surface area contributed by atoms with Crippen molar-refractivity contribution in [2.75, 3.05) is 27.8 Å². The summed E-state index contributed by atoms with van der Waals surface area (Å²) < 4.78 is 10.1. The summed E-state index contributed by atoms with van der Waals surface area (Å²) in [6, 6.07) is 5.78. The Labute approximate surface area is 152 Å². The largest absolute Gasteiger partial charge is 0.497 e. The fourth-order valence-corrected chi connectivity index (χ4v) is 1.57. The van der Waals surface area contributed by atoms with E-state index in [9.17, 15) is 0 Å². The molecule has 0 saturated heterocycles. The van der Waals surface area contributed by atoms with Gasteiger partial charge in [-0.2, -0.15) is 10.2 Å². The van der Waals surface area contributed by atoms with Gasteiger partial charge in [0.15, 0.2) is 0 Å². The minimum atomic E-state index is 0.0477. The summed E-state index contributed by atoms with van der Waals surface area (Å²) >= 11 is 0. The zero-order valence-electron chi connectivity index (χ0n) is 16.7. The summed E-state index contributed by atoms with van der Waals surface area (Å²) in [7, 11) is 5.16. The van der Waals surface area contributed by atoms with Gasteiger partial charge < -0.3 is 14.9 Å². The van der Waals surface area contributed by atoms with E-state index in [4.69, 9.17) is 14.9 Å². The van der Waals surface area contributed by atoms with E-state index >= 15 is 0 Å². The lowest BCUT2D eigenvalue weighted by atomic mass is 10.2. The highest BCUT2D eigenvalue weighted by Gasteiger charge is 1.96. The molecular weight excluding hydrogens is 316 g/mol. The summed E-state index contributed by atoms with van der Waals surface area (Å²) in [5, 5.41) is 17.1. The van der Waals surface area contributed by atoms with Gasteiger partial charge in [-0.1, -0.05) is 13.0 Å². The standard InChI is InChI=1S/C9H12O2.C8H17N3.C2H5N/c1-7-4-8(10-2)6-9(5-7)11-3;1-4-6-8(9-3)11-10-7-5-2;1-2-3/h4-6H,1-3H3;4,6,8-9H,5,7H2,1-3H3;2-3H,1H3/b;6-4+,11-10?;. The third kappa shape index (κ3) is 15.1. The molecule has 0 spiro atoms. The van der Waals surface area contributed by atoms with E-state index in [0.717, 1.165) is 30.0 Å². The molecule has 0 bridgehead atoms. The van der Waals surface area contributed by atoms with Crippen LogP contribution in [0.15, 0.2) is 40.6 Å². The number of hydrogen-bond acceptors (Lipinski definition) is 6. The Balaban J connectivity index is 0. The molecule has 1 aromatic carbocycles. The number of nitrogens with zero attached hydrogens (tertiary/aromatic N) is 2. The zero-order chi connectivity index (χ0) is 19.5. The first-order valence-corrected chi connectivity index (χ1v) is 8.34. The normalized spacial score (nSPS) is 11.2. The number of aryl methyl sites for hydroxylation is 1. The molecule has 0 saturated carbocycles. The summed E-state index contributed by atoms with van der Waals surface area (Å²) in [5.74, 6) is 1.67. The average Bonchev–Trinajstić information content (AvgIpc) is 2.61. The number of benzene rings is 1. The Morgan fingerprint density at radius 3 is 2.04 bits per heavy atom. The van der Waals surface area contributed by atoms with Crippen molar-refractivity contribution in [3.05, 3.63) is 35.9 Å². The number of azo groups is 1. The summed E-state index contributed by atoms with van der Waals surface area (Å²) in [6.07, 6.45) is 6.28. The number of hydrogen-bond donors (Lipinski definition) is 2. The molecule has 0 amide bonds. The van der Waals surface area contributed by atoms with Crippen LogP contribution in [-0.2, 0) is 0 Å². The molecule has 1 rings (SSSR count). The monoisotopic (exact) mass is 350 g/mol. The highest BCUT2D eigenvalue weighted by atomic mass is 16.5. The van der Waals surface area contributed by atoms with Crippen molar-refractivity contribution >= 4 is 6.21 Å². The van der Waals surface area contributed by atoms with E-state index < -0.39 is 0 Å². The maximum Gasteiger partial charge on any atom is 0.139 e.